The molecule has 0 saturated carbocycles. The van der Waals surface area contributed by atoms with E-state index in [1.807, 2.05) is 54.2 Å². The average Bonchev–Trinajstić information content (AvgIpc) is 0.841. The summed E-state index contributed by atoms with van der Waals surface area (Å²) >= 11 is 8.28. The lowest BCUT2D eigenvalue weighted by atomic mass is 9.84. The van der Waals surface area contributed by atoms with Crippen LogP contribution >= 0.6 is 23.4 Å². The number of nitrogens with zero attached hydrogens (tertiary/aromatic N) is 5. The number of rotatable bonds is 45. The van der Waals surface area contributed by atoms with Gasteiger partial charge >= 0.3 is 6.18 Å². The molecule has 5 aromatic carbocycles. The fourth-order valence-electron chi connectivity index (χ4n) is 9.16. The maximum Gasteiger partial charge on any atom is 0.389 e. The SMILES string of the molecule is CCCCOc1cccc(C(C)(C)CNCC(=O)N(C)C)c1.CCCCOc1cccc(CCNCC(=O)N(C)C)c1Cl.CCCCOc1cccc(CCNCC(=O)N(C)C)c1F.CCCCSc1cccc(CCNCC(=O)N(C)C)c1.CN(C)C(=O)CNCCc1cccc(OCCCC(F)(F)F)c1. The van der Waals surface area contributed by atoms with E-state index in [9.17, 15) is 41.5 Å². The van der Waals surface area contributed by atoms with Crippen molar-refractivity contribution in [3.8, 4) is 23.0 Å². The first-order chi connectivity index (χ1) is 50.9. The molecule has 107 heavy (non-hydrogen) atoms. The molecule has 0 unspecified atom stereocenters. The van der Waals surface area contributed by atoms with Crippen LogP contribution in [0.4, 0.5) is 17.6 Å². The van der Waals surface area contributed by atoms with Gasteiger partial charge in [0.05, 0.1) is 64.2 Å². The number of alkyl halides is 3. The molecular formula is C82H129ClF4N10O9S. The summed E-state index contributed by atoms with van der Waals surface area (Å²) < 4.78 is 72.5. The van der Waals surface area contributed by atoms with Gasteiger partial charge in [0.1, 0.15) is 17.2 Å². The molecule has 5 amide bonds. The molecule has 0 aliphatic carbocycles. The Morgan fingerprint density at radius 1 is 0.439 bits per heavy atom. The topological polar surface area (TPSA) is 199 Å². The lowest BCUT2D eigenvalue weighted by molar-refractivity contribution is -0.136. The molecule has 0 aliphatic rings. The summed E-state index contributed by atoms with van der Waals surface area (Å²) in [5, 5.41) is 16.3. The van der Waals surface area contributed by atoms with E-state index < -0.39 is 12.6 Å². The van der Waals surface area contributed by atoms with E-state index >= 15 is 0 Å². The highest BCUT2D eigenvalue weighted by Gasteiger charge is 2.26. The third-order valence-corrected chi connectivity index (χ3v) is 17.7. The van der Waals surface area contributed by atoms with Crippen LogP contribution in [0.15, 0.2) is 114 Å². The van der Waals surface area contributed by atoms with Crippen molar-refractivity contribution < 1.29 is 60.5 Å². The minimum absolute atomic E-state index is 0.00625. The largest absolute Gasteiger partial charge is 0.494 e. The third kappa shape index (κ3) is 47.4. The zero-order valence-corrected chi connectivity index (χ0v) is 68.7. The van der Waals surface area contributed by atoms with Gasteiger partial charge in [0, 0.05) is 93.8 Å². The van der Waals surface area contributed by atoms with Gasteiger partial charge in [-0.3, -0.25) is 24.0 Å². The van der Waals surface area contributed by atoms with Gasteiger partial charge in [-0.1, -0.05) is 139 Å². The maximum absolute atomic E-state index is 14.2. The third-order valence-electron chi connectivity index (χ3n) is 16.2. The van der Waals surface area contributed by atoms with Crippen molar-refractivity contribution in [1.82, 2.24) is 51.1 Å². The van der Waals surface area contributed by atoms with Gasteiger partial charge in [0.2, 0.25) is 29.5 Å². The number of likely N-dealkylation sites (N-methyl/N-ethyl adjacent to an activating group) is 5. The van der Waals surface area contributed by atoms with Crippen molar-refractivity contribution in [2.45, 2.75) is 148 Å². The number of nitrogens with one attached hydrogen (secondary N) is 5. The Balaban J connectivity index is 0.000000669. The number of amides is 5. The van der Waals surface area contributed by atoms with E-state index in [1.54, 1.807) is 116 Å². The smallest absolute Gasteiger partial charge is 0.389 e. The highest BCUT2D eigenvalue weighted by Crippen LogP contribution is 2.30. The van der Waals surface area contributed by atoms with Crippen LogP contribution in [-0.4, -0.2) is 228 Å². The highest BCUT2D eigenvalue weighted by atomic mass is 35.5. The Hall–Kier alpha value is -7.19. The van der Waals surface area contributed by atoms with Crippen molar-refractivity contribution >= 4 is 52.9 Å². The zero-order valence-electron chi connectivity index (χ0n) is 67.1. The molecule has 5 rings (SSSR count). The molecule has 0 radical (unpaired) electrons. The van der Waals surface area contributed by atoms with Crippen molar-refractivity contribution in [2.75, 3.05) is 168 Å². The van der Waals surface area contributed by atoms with Gasteiger partial charge in [0.15, 0.2) is 11.6 Å². The molecule has 602 valence electrons. The summed E-state index contributed by atoms with van der Waals surface area (Å²) in [5.74, 6) is 3.72. The Kier molecular flexibility index (Phi) is 52.9. The standard InChI is InChI=1S/C18H30N2O2.C16H25ClN2O2.C16H23F3N2O2.C16H25FN2O2.C16H26N2OS/c1-6-7-11-22-16-10-8-9-15(12-16)18(2,3)14-19-13-17(21)20(4)5;1-4-5-11-21-14-8-6-7-13(16(14)17)9-10-18-12-15(20)19(2)3;1-21(2)15(22)12-20-9-7-13-5-3-6-14(11-13)23-10-4-8-16(17,18)19;1-4-5-11-21-14-8-6-7-13(16(14)17)9-10-18-12-15(20)19(2)3;1-4-5-11-20-15-8-6-7-14(12-15)9-10-17-13-16(19)18(2)3/h8-10,12,19H,6-7,11,13-14H2,1-5H3;6-8,18H,4-5,9-12H2,1-3H3;3,5-6,11,20H,4,7-10,12H2,1-2H3;6-8,18H,4-5,9-12H2,1-3H3;6-8,12,17H,4-5,9-11,13H2,1-3H3. The lowest BCUT2D eigenvalue weighted by Crippen LogP contribution is -2.39. The summed E-state index contributed by atoms with van der Waals surface area (Å²) in [7, 11) is 17.4. The van der Waals surface area contributed by atoms with E-state index in [2.05, 4.69) is 105 Å². The van der Waals surface area contributed by atoms with Crippen molar-refractivity contribution in [1.29, 1.82) is 0 Å². The van der Waals surface area contributed by atoms with Crippen LogP contribution < -0.4 is 45.5 Å². The van der Waals surface area contributed by atoms with Crippen LogP contribution in [0.25, 0.3) is 0 Å². The second-order valence-corrected chi connectivity index (χ2v) is 28.8. The summed E-state index contributed by atoms with van der Waals surface area (Å²) in [4.78, 5) is 66.4. The quantitative estimate of drug-likeness (QED) is 0.0140. The number of thioether (sulfide) groups is 1. The predicted octanol–water partition coefficient (Wildman–Crippen LogP) is 13.2. The van der Waals surface area contributed by atoms with Crippen LogP contribution in [0, 0.1) is 5.82 Å². The van der Waals surface area contributed by atoms with Crippen LogP contribution in [0.1, 0.15) is 134 Å². The van der Waals surface area contributed by atoms with Crippen LogP contribution in [0.5, 0.6) is 23.0 Å². The molecule has 0 saturated heterocycles. The first kappa shape index (κ1) is 97.8. The number of hydrogen-bond donors (Lipinski definition) is 5. The van der Waals surface area contributed by atoms with E-state index in [1.165, 1.54) is 44.4 Å². The second-order valence-electron chi connectivity index (χ2n) is 27.3. The molecule has 0 spiro atoms. The fourth-order valence-corrected chi connectivity index (χ4v) is 10.5. The number of unbranched alkanes of at least 4 members (excludes halogenated alkanes) is 4. The number of hydrogen-bond acceptors (Lipinski definition) is 15. The molecule has 0 aromatic heterocycles. The number of carbonyl (C=O) groups excluding carboxylic acids is 5. The van der Waals surface area contributed by atoms with Gasteiger partial charge < -0.3 is 70.0 Å². The van der Waals surface area contributed by atoms with E-state index in [0.29, 0.717) is 87.4 Å². The molecule has 25 heteroatoms. The molecule has 5 aromatic rings. The van der Waals surface area contributed by atoms with Gasteiger partial charge in [0.25, 0.3) is 0 Å². The van der Waals surface area contributed by atoms with Gasteiger partial charge in [-0.05, 0) is 166 Å². The normalized spacial score (nSPS) is 10.9. The Bertz CT molecular complexity index is 3170. The van der Waals surface area contributed by atoms with Crippen molar-refractivity contribution in [3.63, 3.8) is 0 Å². The number of carbonyl (C=O) groups is 5. The average molecular weight is 1540 g/mol. The van der Waals surface area contributed by atoms with Crippen LogP contribution in [0.2, 0.25) is 5.02 Å². The van der Waals surface area contributed by atoms with Crippen molar-refractivity contribution in [2.24, 2.45) is 0 Å². The first-order valence-electron chi connectivity index (χ1n) is 37.5. The van der Waals surface area contributed by atoms with Crippen LogP contribution in [-0.2, 0) is 55.1 Å². The molecule has 0 atom stereocenters. The van der Waals surface area contributed by atoms with Gasteiger partial charge in [-0.2, -0.15) is 13.2 Å². The lowest BCUT2D eigenvalue weighted by Gasteiger charge is -2.26. The minimum Gasteiger partial charge on any atom is -0.494 e. The fraction of sp³-hybridized carbons (Fsp3) is 0.573. The van der Waals surface area contributed by atoms with Crippen molar-refractivity contribution in [3.05, 3.63) is 148 Å². The Labute approximate surface area is 648 Å². The molecule has 0 fully saturated rings. The Morgan fingerprint density at radius 2 is 0.822 bits per heavy atom. The Morgan fingerprint density at radius 3 is 1.30 bits per heavy atom. The first-order valence-corrected chi connectivity index (χ1v) is 38.8. The molecule has 5 N–H and O–H groups in total. The van der Waals surface area contributed by atoms with Crippen LogP contribution in [0.3, 0.4) is 0 Å². The molecular weight excluding hydrogens is 1410 g/mol. The number of halogens is 5. The van der Waals surface area contributed by atoms with E-state index in [0.717, 1.165) is 93.7 Å². The molecule has 0 heterocycles. The second kappa shape index (κ2) is 57.9. The summed E-state index contributed by atoms with van der Waals surface area (Å²) in [6, 6.07) is 35.2. The maximum atomic E-state index is 14.2. The zero-order chi connectivity index (χ0) is 80.0. The molecule has 19 nitrogen and oxygen atoms in total. The number of benzene rings is 5. The van der Waals surface area contributed by atoms with E-state index in [4.69, 9.17) is 30.5 Å². The summed E-state index contributed by atoms with van der Waals surface area (Å²) in [6.45, 7) is 20.1. The van der Waals surface area contributed by atoms with Gasteiger partial charge in [-0.15, -0.1) is 11.8 Å². The predicted molar refractivity (Wildman–Crippen MR) is 430 cm³/mol. The minimum atomic E-state index is -4.14. The molecule has 0 aliphatic heterocycles. The highest BCUT2D eigenvalue weighted by molar-refractivity contribution is 7.99. The monoisotopic (exact) mass is 1540 g/mol. The summed E-state index contributed by atoms with van der Waals surface area (Å²) in [5.41, 5.74) is 5.13. The molecule has 0 bridgehead atoms. The van der Waals surface area contributed by atoms with E-state index in [-0.39, 0.29) is 66.9 Å². The van der Waals surface area contributed by atoms with Gasteiger partial charge in [-0.25, -0.2) is 4.39 Å². The number of ether oxygens (including phenoxy) is 4. The summed E-state index contributed by atoms with van der Waals surface area (Å²) in [6.07, 6.45) is 6.71.